The number of benzene rings is 1. The predicted octanol–water partition coefficient (Wildman–Crippen LogP) is 6.18. The van der Waals surface area contributed by atoms with Crippen molar-refractivity contribution in [1.82, 2.24) is 5.32 Å². The third-order valence-corrected chi connectivity index (χ3v) is 6.04. The summed E-state index contributed by atoms with van der Waals surface area (Å²) in [6.45, 7) is 3.21. The second kappa shape index (κ2) is 10.8. The Balaban J connectivity index is 1.48. The molecule has 1 amide bonds. The number of hydrogen-bond acceptors (Lipinski definition) is 3. The van der Waals surface area contributed by atoms with Crippen LogP contribution in [0.4, 0.5) is 5.69 Å². The molecule has 5 heteroatoms. The second-order valence-electron chi connectivity index (χ2n) is 7.91. The van der Waals surface area contributed by atoms with E-state index in [0.717, 1.165) is 30.1 Å². The summed E-state index contributed by atoms with van der Waals surface area (Å²) in [5.41, 5.74) is 1.98. The van der Waals surface area contributed by atoms with Gasteiger partial charge in [-0.3, -0.25) is 4.79 Å². The van der Waals surface area contributed by atoms with Gasteiger partial charge in [-0.2, -0.15) is 0 Å². The Bertz CT molecular complexity index is 751. The normalized spacial score (nSPS) is 16.5. The van der Waals surface area contributed by atoms with Gasteiger partial charge in [0.2, 0.25) is 0 Å². The molecule has 1 aromatic carbocycles. The van der Waals surface area contributed by atoms with Gasteiger partial charge in [-0.1, -0.05) is 56.7 Å². The Labute approximate surface area is 176 Å². The molecule has 1 aliphatic rings. The summed E-state index contributed by atoms with van der Waals surface area (Å²) in [5.74, 6) is 0.953. The van der Waals surface area contributed by atoms with Crippen LogP contribution in [0.5, 0.6) is 0 Å². The van der Waals surface area contributed by atoms with E-state index < -0.39 is 0 Å². The second-order valence-corrected chi connectivity index (χ2v) is 8.70. The van der Waals surface area contributed by atoms with Crippen molar-refractivity contribution in [2.45, 2.75) is 64.3 Å². The molecule has 1 fully saturated rings. The summed E-state index contributed by atoms with van der Waals surface area (Å²) in [6, 6.07) is 11.9. The van der Waals surface area contributed by atoms with Crippen LogP contribution in [0.3, 0.4) is 0 Å². The molecule has 3 rings (SSSR count). The largest absolute Gasteiger partial charge is 0.444 e. The first-order valence-corrected chi connectivity index (χ1v) is 11.3. The average molecular weight is 447 g/mol. The molecule has 1 aliphatic carbocycles. The molecular weight excluding hydrogens is 416 g/mol. The van der Waals surface area contributed by atoms with Gasteiger partial charge in [0, 0.05) is 11.7 Å². The third-order valence-electron chi connectivity index (χ3n) is 5.61. The monoisotopic (exact) mass is 446 g/mol. The van der Waals surface area contributed by atoms with Gasteiger partial charge in [-0.15, -0.1) is 0 Å². The molecule has 28 heavy (non-hydrogen) atoms. The zero-order valence-corrected chi connectivity index (χ0v) is 18.3. The summed E-state index contributed by atoms with van der Waals surface area (Å²) in [4.78, 5) is 12.4. The van der Waals surface area contributed by atoms with Crippen LogP contribution in [0.1, 0.15) is 68.0 Å². The van der Waals surface area contributed by atoms with Crippen LogP contribution in [0.15, 0.2) is 45.5 Å². The van der Waals surface area contributed by atoms with E-state index in [1.54, 1.807) is 12.1 Å². The van der Waals surface area contributed by atoms with Gasteiger partial charge in [-0.25, -0.2) is 0 Å². The number of amides is 1. The highest BCUT2D eigenvalue weighted by Gasteiger charge is 2.16. The van der Waals surface area contributed by atoms with E-state index >= 15 is 0 Å². The third kappa shape index (κ3) is 6.49. The van der Waals surface area contributed by atoms with Gasteiger partial charge in [0.05, 0.1) is 0 Å². The van der Waals surface area contributed by atoms with E-state index in [2.05, 4.69) is 39.6 Å². The molecule has 2 N–H and O–H groups in total. The van der Waals surface area contributed by atoms with E-state index in [1.165, 1.54) is 44.9 Å². The maximum absolute atomic E-state index is 12.4. The zero-order chi connectivity index (χ0) is 19.8. The maximum atomic E-state index is 12.4. The minimum Gasteiger partial charge on any atom is -0.444 e. The quantitative estimate of drug-likeness (QED) is 0.476. The molecule has 0 unspecified atom stereocenters. The van der Waals surface area contributed by atoms with Crippen molar-refractivity contribution in [1.29, 1.82) is 0 Å². The van der Waals surface area contributed by atoms with Gasteiger partial charge >= 0.3 is 0 Å². The minimum atomic E-state index is -0.229. The van der Waals surface area contributed by atoms with Crippen molar-refractivity contribution in [2.75, 3.05) is 11.9 Å². The Kier molecular flexibility index (Phi) is 8.16. The summed E-state index contributed by atoms with van der Waals surface area (Å²) in [6.07, 6.45) is 10.6. The highest BCUT2D eigenvalue weighted by atomic mass is 79.9. The van der Waals surface area contributed by atoms with Crippen LogP contribution in [0.25, 0.3) is 0 Å². The van der Waals surface area contributed by atoms with Crippen molar-refractivity contribution >= 4 is 27.5 Å². The Morgan fingerprint density at radius 2 is 1.89 bits per heavy atom. The fourth-order valence-electron chi connectivity index (χ4n) is 4.12. The van der Waals surface area contributed by atoms with Gasteiger partial charge in [0.1, 0.15) is 0 Å². The number of nitrogens with one attached hydrogen (secondary N) is 2. The molecule has 0 saturated heterocycles. The fraction of sp³-hybridized carbons (Fsp3) is 0.522. The van der Waals surface area contributed by atoms with Crippen LogP contribution < -0.4 is 10.6 Å². The van der Waals surface area contributed by atoms with Crippen LogP contribution in [0.2, 0.25) is 0 Å². The van der Waals surface area contributed by atoms with Crippen molar-refractivity contribution in [3.05, 3.63) is 52.4 Å². The first-order chi connectivity index (χ1) is 13.6. The van der Waals surface area contributed by atoms with E-state index in [1.807, 2.05) is 18.2 Å². The number of hydrogen-bond donors (Lipinski definition) is 2. The van der Waals surface area contributed by atoms with Crippen molar-refractivity contribution in [2.24, 2.45) is 5.92 Å². The average Bonchev–Trinajstić information content (AvgIpc) is 2.96. The Morgan fingerprint density at radius 3 is 2.61 bits per heavy atom. The maximum Gasteiger partial charge on any atom is 0.291 e. The summed E-state index contributed by atoms with van der Waals surface area (Å²) >= 11 is 3.23. The molecule has 4 nitrogen and oxygen atoms in total. The van der Waals surface area contributed by atoms with E-state index in [0.29, 0.717) is 16.5 Å². The van der Waals surface area contributed by atoms with Crippen LogP contribution in [0, 0.1) is 5.92 Å². The molecular formula is C23H31BrN2O2. The van der Waals surface area contributed by atoms with Gasteiger partial charge in [0.25, 0.3) is 5.91 Å². The lowest BCUT2D eigenvalue weighted by Crippen LogP contribution is -2.30. The Hall–Kier alpha value is -1.59. The summed E-state index contributed by atoms with van der Waals surface area (Å²) < 4.78 is 5.90. The molecule has 0 radical (unpaired) electrons. The summed E-state index contributed by atoms with van der Waals surface area (Å²) in [5, 5.41) is 6.65. The lowest BCUT2D eigenvalue weighted by Gasteiger charge is -2.21. The number of anilines is 1. The molecule has 1 heterocycles. The number of halogens is 1. The zero-order valence-electron chi connectivity index (χ0n) is 16.7. The number of para-hydroxylation sites is 1. The minimum absolute atomic E-state index is 0.229. The number of carbonyl (C=O) groups excluding carboxylic acids is 1. The highest BCUT2D eigenvalue weighted by Crippen LogP contribution is 2.26. The smallest absolute Gasteiger partial charge is 0.291 e. The number of rotatable bonds is 8. The van der Waals surface area contributed by atoms with Gasteiger partial charge in [0.15, 0.2) is 10.4 Å². The highest BCUT2D eigenvalue weighted by molar-refractivity contribution is 9.10. The predicted molar refractivity (Wildman–Crippen MR) is 118 cm³/mol. The molecule has 1 atom stereocenters. The SMILES string of the molecule is C[C@@H](CC1CCCCCC1)NCCc1ccccc1NC(=O)c1ccc(Br)o1. The molecule has 1 aromatic heterocycles. The lowest BCUT2D eigenvalue weighted by atomic mass is 9.93. The van der Waals surface area contributed by atoms with Gasteiger partial charge < -0.3 is 15.1 Å². The van der Waals surface area contributed by atoms with Gasteiger partial charge in [-0.05, 0) is 71.9 Å². The van der Waals surface area contributed by atoms with E-state index in [4.69, 9.17) is 4.42 Å². The molecule has 2 aromatic rings. The lowest BCUT2D eigenvalue weighted by molar-refractivity contribution is 0.0995. The van der Waals surface area contributed by atoms with Crippen molar-refractivity contribution in [3.63, 3.8) is 0 Å². The molecule has 152 valence electrons. The van der Waals surface area contributed by atoms with Crippen LogP contribution in [-0.2, 0) is 6.42 Å². The van der Waals surface area contributed by atoms with Crippen molar-refractivity contribution < 1.29 is 9.21 Å². The fourth-order valence-corrected chi connectivity index (χ4v) is 4.42. The first-order valence-electron chi connectivity index (χ1n) is 10.5. The molecule has 0 aliphatic heterocycles. The Morgan fingerprint density at radius 1 is 1.14 bits per heavy atom. The van der Waals surface area contributed by atoms with E-state index in [-0.39, 0.29) is 5.91 Å². The number of carbonyl (C=O) groups is 1. The molecule has 0 bridgehead atoms. The first kappa shape index (κ1) is 21.1. The topological polar surface area (TPSA) is 54.3 Å². The standard InChI is InChI=1S/C23H31BrN2O2/c1-17(16-18-8-4-2-3-5-9-18)25-15-14-19-10-6-7-11-20(19)26-23(27)21-12-13-22(24)28-21/h6-7,10-13,17-18,25H,2-5,8-9,14-16H2,1H3,(H,26,27)/t17-/m0/s1. The van der Waals surface area contributed by atoms with Crippen molar-refractivity contribution in [3.8, 4) is 0 Å². The molecule has 0 spiro atoms. The summed E-state index contributed by atoms with van der Waals surface area (Å²) in [7, 11) is 0. The number of furan rings is 1. The van der Waals surface area contributed by atoms with Crippen LogP contribution in [-0.4, -0.2) is 18.5 Å². The van der Waals surface area contributed by atoms with E-state index in [9.17, 15) is 4.79 Å². The van der Waals surface area contributed by atoms with Crippen LogP contribution >= 0.6 is 15.9 Å². The molecule has 1 saturated carbocycles.